The van der Waals surface area contributed by atoms with Crippen molar-refractivity contribution in [2.75, 3.05) is 0 Å². The van der Waals surface area contributed by atoms with E-state index in [9.17, 15) is 0 Å². The van der Waals surface area contributed by atoms with Gasteiger partial charge in [-0.2, -0.15) is 0 Å². The van der Waals surface area contributed by atoms with Crippen molar-refractivity contribution in [3.05, 3.63) is 243 Å². The zero-order valence-electron chi connectivity index (χ0n) is 36.4. The van der Waals surface area contributed by atoms with Gasteiger partial charge in [0.2, 0.25) is 0 Å². The second-order valence-corrected chi connectivity index (χ2v) is 16.7. The fraction of sp³-hybridized carbons (Fsp3) is 0. The van der Waals surface area contributed by atoms with Crippen LogP contribution in [-0.2, 0) is 0 Å². The molecule has 0 amide bonds. The Kier molecular flexibility index (Phi) is 10.1. The third-order valence-electron chi connectivity index (χ3n) is 12.4. The number of H-pyrrole nitrogens is 1. The summed E-state index contributed by atoms with van der Waals surface area (Å²) in [5.74, 6) is 1.36. The average molecular weight is 856 g/mol. The van der Waals surface area contributed by atoms with Crippen LogP contribution < -0.4 is 0 Å². The van der Waals surface area contributed by atoms with Crippen molar-refractivity contribution in [3.8, 4) is 101 Å². The number of aromatic nitrogens is 5. The first-order valence-corrected chi connectivity index (χ1v) is 22.5. The van der Waals surface area contributed by atoms with Crippen molar-refractivity contribution < 1.29 is 0 Å². The Bertz CT molecular complexity index is 3600. The molecule has 9 aromatic carbocycles. The average Bonchev–Trinajstić information content (AvgIpc) is 3.79. The van der Waals surface area contributed by atoms with E-state index in [0.29, 0.717) is 11.6 Å². The van der Waals surface area contributed by atoms with E-state index >= 15 is 0 Å². The van der Waals surface area contributed by atoms with Gasteiger partial charge in [0.05, 0.1) is 28.3 Å². The number of nitrogens with one attached hydrogen (secondary N) is 1. The Hall–Kier alpha value is -9.06. The fourth-order valence-corrected chi connectivity index (χ4v) is 9.05. The molecular weight excluding hydrogens is 815 g/mol. The van der Waals surface area contributed by atoms with Gasteiger partial charge in [0, 0.05) is 55.2 Å². The molecule has 67 heavy (non-hydrogen) atoms. The molecule has 5 heteroatoms. The molecule has 0 aliphatic rings. The van der Waals surface area contributed by atoms with E-state index in [4.69, 9.17) is 19.9 Å². The molecule has 0 spiro atoms. The maximum Gasteiger partial charge on any atom is 0.160 e. The van der Waals surface area contributed by atoms with Gasteiger partial charge < -0.3 is 4.98 Å². The van der Waals surface area contributed by atoms with Crippen molar-refractivity contribution in [2.24, 2.45) is 0 Å². The topological polar surface area (TPSA) is 67.3 Å². The molecule has 5 nitrogen and oxygen atoms in total. The van der Waals surface area contributed by atoms with Gasteiger partial charge in [-0.25, -0.2) is 19.9 Å². The van der Waals surface area contributed by atoms with Crippen LogP contribution in [0.15, 0.2) is 243 Å². The summed E-state index contributed by atoms with van der Waals surface area (Å²) in [4.78, 5) is 24.4. The minimum Gasteiger partial charge on any atom is -0.354 e. The van der Waals surface area contributed by atoms with Gasteiger partial charge in [-0.05, 0) is 76.3 Å². The molecule has 0 aliphatic heterocycles. The predicted octanol–water partition coefficient (Wildman–Crippen LogP) is 15.9. The summed E-state index contributed by atoms with van der Waals surface area (Å²) in [5, 5.41) is 2.29. The largest absolute Gasteiger partial charge is 0.354 e. The SMILES string of the molecule is c1ccc(-c2cc(-c3ccccc3)nc(-c3cccc(-c4ccc5[nH]c6c(-c7ccccc7)cc(-c7cccc(-c8nc(-c9ccccc9)cc(-c9ccccc9)n8)c7)cc6c5c4)c3)n2)cc1. The molecule has 1 N–H and O–H groups in total. The molecule has 12 aromatic rings. The van der Waals surface area contributed by atoms with Crippen molar-refractivity contribution in [1.29, 1.82) is 0 Å². The van der Waals surface area contributed by atoms with Crippen LogP contribution in [0.25, 0.3) is 123 Å². The van der Waals surface area contributed by atoms with Gasteiger partial charge in [0.25, 0.3) is 0 Å². The van der Waals surface area contributed by atoms with Crippen LogP contribution in [0.3, 0.4) is 0 Å². The standard InChI is InChI=1S/C62H41N5/c1-6-18-41(19-7-1)52-37-51(47-29-17-31-50(35-47)62-66-58(44-24-12-4-13-25-44)40-59(67-62)45-26-14-5-15-27-45)38-54-53-36-48(32-33-55(53)63-60(52)54)46-28-16-30-49(34-46)61-64-56(42-20-8-2-9-21-42)39-57(65-61)43-22-10-3-11-23-43/h1-40,63H. The van der Waals surface area contributed by atoms with Gasteiger partial charge in [-0.15, -0.1) is 0 Å². The Morgan fingerprint density at radius 1 is 0.239 bits per heavy atom. The minimum atomic E-state index is 0.680. The molecule has 12 rings (SSSR count). The summed E-state index contributed by atoms with van der Waals surface area (Å²) in [5.41, 5.74) is 18.5. The second-order valence-electron chi connectivity index (χ2n) is 16.7. The maximum atomic E-state index is 5.16. The predicted molar refractivity (Wildman–Crippen MR) is 276 cm³/mol. The zero-order chi connectivity index (χ0) is 44.5. The summed E-state index contributed by atoms with van der Waals surface area (Å²) >= 11 is 0. The summed E-state index contributed by atoms with van der Waals surface area (Å²) in [7, 11) is 0. The lowest BCUT2D eigenvalue weighted by Gasteiger charge is -2.12. The van der Waals surface area contributed by atoms with E-state index < -0.39 is 0 Å². The highest BCUT2D eigenvalue weighted by atomic mass is 14.9. The summed E-state index contributed by atoms with van der Waals surface area (Å²) in [6.45, 7) is 0. The normalized spacial score (nSPS) is 11.3. The molecule has 0 fully saturated rings. The lowest BCUT2D eigenvalue weighted by atomic mass is 9.94. The highest BCUT2D eigenvalue weighted by molar-refractivity contribution is 6.14. The zero-order valence-corrected chi connectivity index (χ0v) is 36.4. The molecule has 0 atom stereocenters. The van der Waals surface area contributed by atoms with Gasteiger partial charge in [0.15, 0.2) is 11.6 Å². The number of hydrogen-bond donors (Lipinski definition) is 1. The molecule has 0 aliphatic carbocycles. The number of benzene rings is 9. The molecule has 0 saturated carbocycles. The molecule has 3 aromatic heterocycles. The van der Waals surface area contributed by atoms with E-state index in [1.54, 1.807) is 0 Å². The lowest BCUT2D eigenvalue weighted by Crippen LogP contribution is -1.96. The first-order valence-electron chi connectivity index (χ1n) is 22.5. The van der Waals surface area contributed by atoms with Crippen LogP contribution in [-0.4, -0.2) is 24.9 Å². The molecule has 0 bridgehead atoms. The van der Waals surface area contributed by atoms with Crippen molar-refractivity contribution in [1.82, 2.24) is 24.9 Å². The number of nitrogens with zero attached hydrogens (tertiary/aromatic N) is 4. The quantitative estimate of drug-likeness (QED) is 0.157. The Morgan fingerprint density at radius 3 is 1.04 bits per heavy atom. The fourth-order valence-electron chi connectivity index (χ4n) is 9.05. The van der Waals surface area contributed by atoms with Crippen molar-refractivity contribution in [3.63, 3.8) is 0 Å². The van der Waals surface area contributed by atoms with Gasteiger partial charge in [0.1, 0.15) is 0 Å². The van der Waals surface area contributed by atoms with Crippen molar-refractivity contribution in [2.45, 2.75) is 0 Å². The van der Waals surface area contributed by atoms with E-state index in [1.807, 2.05) is 72.8 Å². The number of rotatable bonds is 9. The van der Waals surface area contributed by atoms with E-state index in [2.05, 4.69) is 175 Å². The van der Waals surface area contributed by atoms with E-state index in [-0.39, 0.29) is 0 Å². The summed E-state index contributed by atoms with van der Waals surface area (Å²) < 4.78 is 0. The first kappa shape index (κ1) is 39.5. The highest BCUT2D eigenvalue weighted by Crippen LogP contribution is 2.40. The minimum absolute atomic E-state index is 0.680. The van der Waals surface area contributed by atoms with Crippen LogP contribution in [0.5, 0.6) is 0 Å². The third-order valence-corrected chi connectivity index (χ3v) is 12.4. The molecular formula is C62H41N5. The Labute approximate surface area is 388 Å². The molecule has 0 unspecified atom stereocenters. The van der Waals surface area contributed by atoms with Gasteiger partial charge in [-0.1, -0.05) is 194 Å². The van der Waals surface area contributed by atoms with Gasteiger partial charge in [-0.3, -0.25) is 0 Å². The van der Waals surface area contributed by atoms with Crippen LogP contribution >= 0.6 is 0 Å². The second kappa shape index (κ2) is 17.1. The monoisotopic (exact) mass is 855 g/mol. The summed E-state index contributed by atoms with van der Waals surface area (Å²) in [6.07, 6.45) is 0. The van der Waals surface area contributed by atoms with Crippen LogP contribution in [0, 0.1) is 0 Å². The molecule has 314 valence electrons. The van der Waals surface area contributed by atoms with E-state index in [1.165, 1.54) is 0 Å². The number of hydrogen-bond acceptors (Lipinski definition) is 4. The highest BCUT2D eigenvalue weighted by Gasteiger charge is 2.17. The molecule has 0 saturated heterocycles. The van der Waals surface area contributed by atoms with Crippen LogP contribution in [0.1, 0.15) is 0 Å². The number of aromatic amines is 1. The number of fused-ring (bicyclic) bond motifs is 3. The Morgan fingerprint density at radius 2 is 0.597 bits per heavy atom. The van der Waals surface area contributed by atoms with Crippen LogP contribution in [0.2, 0.25) is 0 Å². The maximum absolute atomic E-state index is 5.16. The van der Waals surface area contributed by atoms with Crippen LogP contribution in [0.4, 0.5) is 0 Å². The third kappa shape index (κ3) is 7.85. The van der Waals surface area contributed by atoms with E-state index in [0.717, 1.165) is 111 Å². The van der Waals surface area contributed by atoms with Crippen molar-refractivity contribution >= 4 is 21.8 Å². The molecule has 0 radical (unpaired) electrons. The molecule has 3 heterocycles. The Balaban J connectivity index is 0.976. The summed E-state index contributed by atoms with van der Waals surface area (Å²) in [6, 6.07) is 84.7. The lowest BCUT2D eigenvalue weighted by molar-refractivity contribution is 1.18. The smallest absolute Gasteiger partial charge is 0.160 e. The first-order chi connectivity index (χ1) is 33.2. The van der Waals surface area contributed by atoms with Gasteiger partial charge >= 0.3 is 0 Å².